The first-order valence-electron chi connectivity index (χ1n) is 7.60. The van der Waals surface area contributed by atoms with Crippen LogP contribution >= 0.6 is 0 Å². The number of nitrogens with one attached hydrogen (secondary N) is 1. The highest BCUT2D eigenvalue weighted by Gasteiger charge is 2.17. The normalized spacial score (nSPS) is 12.2. The summed E-state index contributed by atoms with van der Waals surface area (Å²) in [5.41, 5.74) is 3.17. The van der Waals surface area contributed by atoms with Crippen LogP contribution in [-0.2, 0) is 0 Å². The van der Waals surface area contributed by atoms with Crippen LogP contribution in [0, 0.1) is 0 Å². The third kappa shape index (κ3) is 2.69. The zero-order valence-electron chi connectivity index (χ0n) is 12.5. The van der Waals surface area contributed by atoms with Crippen molar-refractivity contribution in [2.45, 2.75) is 6.04 Å². The number of fused-ring (bicyclic) bond motifs is 1. The van der Waals surface area contributed by atoms with Gasteiger partial charge >= 0.3 is 0 Å². The largest absolute Gasteiger partial charge is 0.467 e. The lowest BCUT2D eigenvalue weighted by atomic mass is 10.0. The molecule has 4 aromatic rings. The van der Waals surface area contributed by atoms with Crippen LogP contribution in [0.25, 0.3) is 10.9 Å². The van der Waals surface area contributed by atoms with Crippen molar-refractivity contribution in [3.05, 3.63) is 96.6 Å². The van der Waals surface area contributed by atoms with E-state index in [9.17, 15) is 0 Å². The molecule has 0 aliphatic rings. The first-order chi connectivity index (χ1) is 11.4. The molecule has 1 N–H and O–H groups in total. The van der Waals surface area contributed by atoms with Crippen LogP contribution < -0.4 is 5.32 Å². The van der Waals surface area contributed by atoms with Crippen molar-refractivity contribution in [3.63, 3.8) is 0 Å². The van der Waals surface area contributed by atoms with E-state index in [2.05, 4.69) is 34.6 Å². The van der Waals surface area contributed by atoms with Gasteiger partial charge in [0, 0.05) is 17.3 Å². The minimum absolute atomic E-state index is 0.0444. The molecule has 0 fully saturated rings. The number of anilines is 1. The lowest BCUT2D eigenvalue weighted by Gasteiger charge is -2.19. The molecule has 112 valence electrons. The third-order valence-corrected chi connectivity index (χ3v) is 3.91. The summed E-state index contributed by atoms with van der Waals surface area (Å²) in [4.78, 5) is 4.42. The monoisotopic (exact) mass is 300 g/mol. The fraction of sp³-hybridized carbons (Fsp3) is 0.0500. The van der Waals surface area contributed by atoms with E-state index in [0.29, 0.717) is 0 Å². The predicted molar refractivity (Wildman–Crippen MR) is 92.4 cm³/mol. The maximum absolute atomic E-state index is 5.66. The molecule has 3 heteroatoms. The third-order valence-electron chi connectivity index (χ3n) is 3.91. The molecule has 0 spiro atoms. The fourth-order valence-electron chi connectivity index (χ4n) is 2.80. The first-order valence-corrected chi connectivity index (χ1v) is 7.60. The highest BCUT2D eigenvalue weighted by molar-refractivity contribution is 5.91. The van der Waals surface area contributed by atoms with Crippen molar-refractivity contribution >= 4 is 16.6 Å². The second-order valence-electron chi connectivity index (χ2n) is 5.38. The van der Waals surface area contributed by atoms with E-state index >= 15 is 0 Å². The van der Waals surface area contributed by atoms with Gasteiger partial charge in [-0.05, 0) is 42.0 Å². The number of furan rings is 1. The minimum Gasteiger partial charge on any atom is -0.467 e. The summed E-state index contributed by atoms with van der Waals surface area (Å²) in [6.07, 6.45) is 3.52. The summed E-state index contributed by atoms with van der Waals surface area (Å²) in [6, 6.07) is 24.3. The Morgan fingerprint density at radius 2 is 1.74 bits per heavy atom. The maximum atomic E-state index is 5.66. The van der Waals surface area contributed by atoms with E-state index in [-0.39, 0.29) is 6.04 Å². The van der Waals surface area contributed by atoms with Crippen LogP contribution in [0.15, 0.2) is 89.7 Å². The molecule has 23 heavy (non-hydrogen) atoms. The summed E-state index contributed by atoms with van der Waals surface area (Å²) in [6.45, 7) is 0. The smallest absolute Gasteiger partial charge is 0.130 e. The molecule has 2 aromatic carbocycles. The van der Waals surface area contributed by atoms with Gasteiger partial charge in [-0.3, -0.25) is 4.98 Å². The Kier molecular flexibility index (Phi) is 3.53. The van der Waals surface area contributed by atoms with Gasteiger partial charge in [-0.25, -0.2) is 0 Å². The van der Waals surface area contributed by atoms with Crippen LogP contribution in [0.5, 0.6) is 0 Å². The highest BCUT2D eigenvalue weighted by Crippen LogP contribution is 2.30. The number of nitrogens with zero attached hydrogens (tertiary/aromatic N) is 1. The molecule has 1 atom stereocenters. The van der Waals surface area contributed by atoms with E-state index in [0.717, 1.165) is 27.9 Å². The molecular weight excluding hydrogens is 284 g/mol. The predicted octanol–water partition coefficient (Wildman–Crippen LogP) is 5.03. The average Bonchev–Trinajstić information content (AvgIpc) is 3.15. The van der Waals surface area contributed by atoms with Crippen molar-refractivity contribution in [1.82, 2.24) is 4.98 Å². The molecular formula is C20H16N2O. The Balaban J connectivity index is 1.79. The number of benzene rings is 2. The van der Waals surface area contributed by atoms with Gasteiger partial charge in [-0.15, -0.1) is 0 Å². The number of hydrogen-bond donors (Lipinski definition) is 1. The minimum atomic E-state index is -0.0444. The van der Waals surface area contributed by atoms with E-state index in [1.807, 2.05) is 54.7 Å². The van der Waals surface area contributed by atoms with E-state index in [4.69, 9.17) is 4.42 Å². The van der Waals surface area contributed by atoms with Crippen molar-refractivity contribution in [2.24, 2.45) is 0 Å². The summed E-state index contributed by atoms with van der Waals surface area (Å²) in [5, 5.41) is 4.71. The van der Waals surface area contributed by atoms with Crippen LogP contribution in [0.4, 0.5) is 5.69 Å². The molecule has 0 saturated heterocycles. The van der Waals surface area contributed by atoms with Gasteiger partial charge in [-0.1, -0.05) is 36.4 Å². The SMILES string of the molecule is c1ccc(C(Nc2cccc3ncccc23)c2ccco2)cc1. The summed E-state index contributed by atoms with van der Waals surface area (Å²) in [5.74, 6) is 0.886. The first kappa shape index (κ1) is 13.6. The number of hydrogen-bond acceptors (Lipinski definition) is 3. The lowest BCUT2D eigenvalue weighted by Crippen LogP contribution is -2.11. The summed E-state index contributed by atoms with van der Waals surface area (Å²) in [7, 11) is 0. The van der Waals surface area contributed by atoms with Crippen LogP contribution in [0.3, 0.4) is 0 Å². The Morgan fingerprint density at radius 1 is 0.826 bits per heavy atom. The Labute approximate surface area is 134 Å². The molecule has 2 aromatic heterocycles. The van der Waals surface area contributed by atoms with Gasteiger partial charge in [0.25, 0.3) is 0 Å². The molecule has 4 rings (SSSR count). The van der Waals surface area contributed by atoms with E-state index in [1.54, 1.807) is 6.26 Å². The Hall–Kier alpha value is -3.07. The molecule has 0 bridgehead atoms. The van der Waals surface area contributed by atoms with Gasteiger partial charge in [0.15, 0.2) is 0 Å². The van der Waals surface area contributed by atoms with E-state index in [1.165, 1.54) is 0 Å². The average molecular weight is 300 g/mol. The van der Waals surface area contributed by atoms with Gasteiger partial charge in [0.1, 0.15) is 11.8 Å². The highest BCUT2D eigenvalue weighted by atomic mass is 16.3. The maximum Gasteiger partial charge on any atom is 0.130 e. The zero-order valence-corrected chi connectivity index (χ0v) is 12.5. The number of aromatic nitrogens is 1. The van der Waals surface area contributed by atoms with Crippen molar-refractivity contribution < 1.29 is 4.42 Å². The van der Waals surface area contributed by atoms with Gasteiger partial charge in [0.05, 0.1) is 11.8 Å². The Bertz CT molecular complexity index is 896. The summed E-state index contributed by atoms with van der Waals surface area (Å²) >= 11 is 0. The standard InChI is InChI=1S/C20H16N2O/c1-2-7-15(8-3-1)20(19-12-6-14-23-19)22-18-11-4-10-17-16(18)9-5-13-21-17/h1-14,20,22H. The van der Waals surface area contributed by atoms with Gasteiger partial charge in [-0.2, -0.15) is 0 Å². The molecule has 0 saturated carbocycles. The van der Waals surface area contributed by atoms with Crippen molar-refractivity contribution in [2.75, 3.05) is 5.32 Å². The van der Waals surface area contributed by atoms with Gasteiger partial charge in [0.2, 0.25) is 0 Å². The van der Waals surface area contributed by atoms with Crippen molar-refractivity contribution in [3.8, 4) is 0 Å². The lowest BCUT2D eigenvalue weighted by molar-refractivity contribution is 0.499. The quantitative estimate of drug-likeness (QED) is 0.574. The van der Waals surface area contributed by atoms with Crippen LogP contribution in [0.2, 0.25) is 0 Å². The van der Waals surface area contributed by atoms with Gasteiger partial charge < -0.3 is 9.73 Å². The second kappa shape index (κ2) is 5.97. The molecule has 3 nitrogen and oxygen atoms in total. The summed E-state index contributed by atoms with van der Waals surface area (Å²) < 4.78 is 5.66. The molecule has 1 unspecified atom stereocenters. The fourth-order valence-corrected chi connectivity index (χ4v) is 2.80. The van der Waals surface area contributed by atoms with Crippen molar-refractivity contribution in [1.29, 1.82) is 0 Å². The number of pyridine rings is 1. The molecule has 2 heterocycles. The molecule has 0 aliphatic carbocycles. The second-order valence-corrected chi connectivity index (χ2v) is 5.38. The van der Waals surface area contributed by atoms with Crippen LogP contribution in [0.1, 0.15) is 17.4 Å². The molecule has 0 aliphatic heterocycles. The van der Waals surface area contributed by atoms with Crippen LogP contribution in [-0.4, -0.2) is 4.98 Å². The zero-order chi connectivity index (χ0) is 15.5. The number of rotatable bonds is 4. The van der Waals surface area contributed by atoms with E-state index < -0.39 is 0 Å². The molecule has 0 radical (unpaired) electrons. The molecule has 0 amide bonds. The topological polar surface area (TPSA) is 38.1 Å². The Morgan fingerprint density at radius 3 is 2.57 bits per heavy atom.